The fraction of sp³-hybridized carbons (Fsp3) is 0.500. The van der Waals surface area contributed by atoms with Crippen LogP contribution < -0.4 is 24.3 Å². The molecule has 6 unspecified atom stereocenters. The zero-order valence-electron chi connectivity index (χ0n) is 29.6. The maximum absolute atomic E-state index is 14.1. The van der Waals surface area contributed by atoms with Gasteiger partial charge in [0, 0.05) is 41.6 Å². The Labute approximate surface area is 296 Å². The van der Waals surface area contributed by atoms with Crippen molar-refractivity contribution >= 4 is 17.7 Å². The van der Waals surface area contributed by atoms with Gasteiger partial charge in [-0.2, -0.15) is 11.8 Å². The Morgan fingerprint density at radius 1 is 1.02 bits per heavy atom. The number of hydrogen-bond donors (Lipinski definition) is 3. The molecule has 11 nitrogen and oxygen atoms in total. The van der Waals surface area contributed by atoms with E-state index in [4.69, 9.17) is 23.7 Å². The van der Waals surface area contributed by atoms with E-state index < -0.39 is 6.04 Å². The van der Waals surface area contributed by atoms with Crippen LogP contribution in [0.2, 0.25) is 0 Å². The van der Waals surface area contributed by atoms with Crippen LogP contribution in [0.4, 0.5) is 0 Å². The molecule has 12 heteroatoms. The molecule has 2 bridgehead atoms. The van der Waals surface area contributed by atoms with Crippen molar-refractivity contribution in [1.82, 2.24) is 15.1 Å². The van der Waals surface area contributed by atoms with Gasteiger partial charge in [0.25, 0.3) is 0 Å². The molecule has 0 amide bonds. The standard InChI is InChI=1S/C38H45N3O8S/c1-17-10-21-11-22-14-41-24(15-47-38(44)30-23-13-26(45-5)25(42)12-20(23)8-9-39-30)29-27(18(2)19(3)35-36(29)49-16-48-35)37(50-7)32(41)31(40(22)4)28(21)33(43)34(17)46-6/h10,12-13,22,24,30-32,37,39,42-43H,8-9,11,14-16H2,1-7H3. The second kappa shape index (κ2) is 12.4. The number of hydrogen-bond acceptors (Lipinski definition) is 12. The summed E-state index contributed by atoms with van der Waals surface area (Å²) in [5.41, 5.74) is 9.01. The third kappa shape index (κ3) is 4.78. The summed E-state index contributed by atoms with van der Waals surface area (Å²) in [6, 6.07) is 4.50. The maximum atomic E-state index is 14.1. The number of carbonyl (C=O) groups is 1. The highest BCUT2D eigenvalue weighted by atomic mass is 32.2. The van der Waals surface area contributed by atoms with Gasteiger partial charge in [-0.1, -0.05) is 6.07 Å². The van der Waals surface area contributed by atoms with Gasteiger partial charge >= 0.3 is 5.97 Å². The summed E-state index contributed by atoms with van der Waals surface area (Å²) >= 11 is 1.80. The Kier molecular flexibility index (Phi) is 8.28. The number of methoxy groups -OCH3 is 2. The molecule has 3 N–H and O–H groups in total. The highest BCUT2D eigenvalue weighted by Crippen LogP contribution is 2.61. The SMILES string of the molecule is COc1cc2c(cc1O)CCNC2C(=O)OCC1c2c3c(c(C)c(C)c2C(SC)C2C4c5c(cc(C)c(OC)c5O)CC(CN12)N4C)OCO3. The van der Waals surface area contributed by atoms with Crippen molar-refractivity contribution < 1.29 is 38.7 Å². The molecular weight excluding hydrogens is 658 g/mol. The van der Waals surface area contributed by atoms with Crippen LogP contribution in [0.3, 0.4) is 0 Å². The molecular formula is C38H45N3O8S. The first-order valence-electron chi connectivity index (χ1n) is 17.2. The Hall–Kier alpha value is -3.84. The van der Waals surface area contributed by atoms with Gasteiger partial charge in [-0.3, -0.25) is 9.80 Å². The lowest BCUT2D eigenvalue weighted by atomic mass is 9.73. The molecule has 5 aliphatic rings. The number of aromatic hydroxyl groups is 2. The summed E-state index contributed by atoms with van der Waals surface area (Å²) in [6.07, 6.45) is 3.60. The van der Waals surface area contributed by atoms with Crippen molar-refractivity contribution in [2.24, 2.45) is 0 Å². The second-order valence-electron chi connectivity index (χ2n) is 14.1. The summed E-state index contributed by atoms with van der Waals surface area (Å²) in [5, 5.41) is 25.6. The molecule has 5 aliphatic heterocycles. The van der Waals surface area contributed by atoms with Crippen LogP contribution >= 0.6 is 11.8 Å². The number of ether oxygens (including phenoxy) is 5. The zero-order chi connectivity index (χ0) is 35.2. The number of aryl methyl sites for hydroxylation is 1. The topological polar surface area (TPSA) is 122 Å². The van der Waals surface area contributed by atoms with E-state index in [0.717, 1.165) is 69.0 Å². The van der Waals surface area contributed by atoms with Crippen LogP contribution in [0.5, 0.6) is 34.5 Å². The van der Waals surface area contributed by atoms with E-state index in [0.29, 0.717) is 24.5 Å². The molecule has 1 saturated heterocycles. The normalized spacial score (nSPS) is 26.4. The summed E-state index contributed by atoms with van der Waals surface area (Å²) in [5.74, 6) is 2.17. The monoisotopic (exact) mass is 703 g/mol. The molecule has 8 rings (SSSR count). The number of phenolic OH excluding ortho intramolecular Hbond substituents is 2. The minimum absolute atomic E-state index is 0.0169. The molecule has 0 aliphatic carbocycles. The quantitative estimate of drug-likeness (QED) is 0.302. The van der Waals surface area contributed by atoms with Gasteiger partial charge in [0.05, 0.1) is 26.3 Å². The van der Waals surface area contributed by atoms with Gasteiger partial charge in [0.2, 0.25) is 6.79 Å². The average molecular weight is 704 g/mol. The molecule has 0 aromatic heterocycles. The number of nitrogens with one attached hydrogen (secondary N) is 1. The van der Waals surface area contributed by atoms with E-state index >= 15 is 0 Å². The number of fused-ring (bicyclic) bond motifs is 10. The van der Waals surface area contributed by atoms with Crippen LogP contribution in [0.1, 0.15) is 73.4 Å². The molecule has 3 aromatic carbocycles. The van der Waals surface area contributed by atoms with Gasteiger partial charge < -0.3 is 39.2 Å². The first-order valence-corrected chi connectivity index (χ1v) is 18.5. The fourth-order valence-corrected chi connectivity index (χ4v) is 10.5. The van der Waals surface area contributed by atoms with Crippen LogP contribution in [0.15, 0.2) is 18.2 Å². The molecule has 266 valence electrons. The van der Waals surface area contributed by atoms with Crippen molar-refractivity contribution in [1.29, 1.82) is 0 Å². The molecule has 1 fully saturated rings. The smallest absolute Gasteiger partial charge is 0.327 e. The summed E-state index contributed by atoms with van der Waals surface area (Å²) in [4.78, 5) is 19.0. The largest absolute Gasteiger partial charge is 0.504 e. The predicted molar refractivity (Wildman–Crippen MR) is 189 cm³/mol. The lowest BCUT2D eigenvalue weighted by Crippen LogP contribution is -2.65. The number of carbonyl (C=O) groups excluding carboxylic acids is 1. The number of piperazine rings is 1. The Morgan fingerprint density at radius 3 is 2.54 bits per heavy atom. The Morgan fingerprint density at radius 2 is 1.80 bits per heavy atom. The van der Waals surface area contributed by atoms with E-state index in [1.54, 1.807) is 31.0 Å². The minimum Gasteiger partial charge on any atom is -0.504 e. The first-order chi connectivity index (χ1) is 24.1. The van der Waals surface area contributed by atoms with Gasteiger partial charge in [-0.15, -0.1) is 0 Å². The number of likely N-dealkylation sites (N-methyl/N-ethyl adjacent to an activating group) is 1. The van der Waals surface area contributed by atoms with Crippen molar-refractivity contribution in [3.05, 3.63) is 68.3 Å². The maximum Gasteiger partial charge on any atom is 0.327 e. The first kappa shape index (κ1) is 33.3. The molecule has 0 saturated carbocycles. The predicted octanol–water partition coefficient (Wildman–Crippen LogP) is 4.94. The lowest BCUT2D eigenvalue weighted by molar-refractivity contribution is -0.150. The van der Waals surface area contributed by atoms with E-state index in [1.807, 2.05) is 6.92 Å². The van der Waals surface area contributed by atoms with Gasteiger partial charge in [0.15, 0.2) is 34.5 Å². The molecule has 50 heavy (non-hydrogen) atoms. The highest BCUT2D eigenvalue weighted by Gasteiger charge is 2.56. The third-order valence-electron chi connectivity index (χ3n) is 11.8. The summed E-state index contributed by atoms with van der Waals surface area (Å²) < 4.78 is 29.8. The van der Waals surface area contributed by atoms with Crippen LogP contribution in [-0.2, 0) is 22.4 Å². The lowest BCUT2D eigenvalue weighted by Gasteiger charge is -2.60. The van der Waals surface area contributed by atoms with Crippen molar-refractivity contribution in [3.63, 3.8) is 0 Å². The summed E-state index contributed by atoms with van der Waals surface area (Å²) in [6.45, 7) is 7.77. The molecule has 6 atom stereocenters. The van der Waals surface area contributed by atoms with Crippen LogP contribution in [-0.4, -0.2) is 92.1 Å². The number of esters is 1. The molecule has 3 aromatic rings. The zero-order valence-corrected chi connectivity index (χ0v) is 30.4. The second-order valence-corrected chi connectivity index (χ2v) is 15.1. The molecule has 0 spiro atoms. The number of thioether (sulfide) groups is 1. The number of phenols is 2. The van der Waals surface area contributed by atoms with Crippen LogP contribution in [0, 0.1) is 20.8 Å². The van der Waals surface area contributed by atoms with E-state index in [1.165, 1.54) is 12.7 Å². The van der Waals surface area contributed by atoms with E-state index in [-0.39, 0.29) is 60.3 Å². The van der Waals surface area contributed by atoms with Gasteiger partial charge in [0.1, 0.15) is 12.6 Å². The number of nitrogens with zero attached hydrogens (tertiary/aromatic N) is 2. The Balaban J connectivity index is 1.24. The summed E-state index contributed by atoms with van der Waals surface area (Å²) in [7, 11) is 5.27. The van der Waals surface area contributed by atoms with Gasteiger partial charge in [-0.25, -0.2) is 4.79 Å². The third-order valence-corrected chi connectivity index (χ3v) is 12.8. The number of benzene rings is 3. The van der Waals surface area contributed by atoms with E-state index in [2.05, 4.69) is 48.3 Å². The highest BCUT2D eigenvalue weighted by molar-refractivity contribution is 7.98. The van der Waals surface area contributed by atoms with Crippen molar-refractivity contribution in [2.75, 3.05) is 54.0 Å². The Bertz CT molecular complexity index is 1900. The number of rotatable bonds is 6. The van der Waals surface area contributed by atoms with Crippen molar-refractivity contribution in [3.8, 4) is 34.5 Å². The van der Waals surface area contributed by atoms with Crippen molar-refractivity contribution in [2.45, 2.75) is 69.1 Å². The minimum atomic E-state index is -0.706. The van der Waals surface area contributed by atoms with Gasteiger partial charge in [-0.05, 0) is 98.0 Å². The average Bonchev–Trinajstić information content (AvgIpc) is 3.59. The molecule has 0 radical (unpaired) electrons. The van der Waals surface area contributed by atoms with E-state index in [9.17, 15) is 15.0 Å². The van der Waals surface area contributed by atoms with Crippen LogP contribution in [0.25, 0.3) is 0 Å². The molecule has 5 heterocycles. The fourth-order valence-electron chi connectivity index (χ4n) is 9.39.